The summed E-state index contributed by atoms with van der Waals surface area (Å²) in [6, 6.07) is 28.7. The van der Waals surface area contributed by atoms with Crippen LogP contribution in [0.25, 0.3) is 10.9 Å². The number of alkyl halides is 1. The molecular weight excluding hydrogens is 909 g/mol. The standard InChI is InChI=1S/C47H42Cl2FN9O6S/c48-26-41(61)59(45(39-12-6-23-66-39)47(63)52-20-17-29-8-2-1-3-9-29)32-14-16-38(35(49)25-32)64-28-31-27-58(57-55-31)21-18-40(60)51-19-7-22-65-56-43-33-10-4-5-11-36(33)53-44(43)42-34-24-30(50)13-15-37(34)54-46(42)62/h1-6,8-16,23-25,27,45,54,62H,7,17-22,26,28H2,(H,51,60)(H,52,63)/b56-43+. The van der Waals surface area contributed by atoms with Gasteiger partial charge in [0.2, 0.25) is 17.7 Å². The van der Waals surface area contributed by atoms with Crippen molar-refractivity contribution in [3.05, 3.63) is 153 Å². The van der Waals surface area contributed by atoms with Crippen molar-refractivity contribution in [3.63, 3.8) is 0 Å². The number of oxime groups is 1. The maximum atomic E-state index is 14.2. The molecule has 1 aliphatic heterocycles. The van der Waals surface area contributed by atoms with Gasteiger partial charge in [-0.15, -0.1) is 28.0 Å². The lowest BCUT2D eigenvalue weighted by Gasteiger charge is -2.30. The van der Waals surface area contributed by atoms with Gasteiger partial charge in [-0.25, -0.2) is 9.38 Å². The Kier molecular flexibility index (Phi) is 14.7. The van der Waals surface area contributed by atoms with Crippen molar-refractivity contribution < 1.29 is 33.5 Å². The minimum atomic E-state index is -0.989. The number of para-hydroxylation sites is 1. The smallest absolute Gasteiger partial charge is 0.248 e. The third-order valence-corrected chi connectivity index (χ3v) is 11.9. The van der Waals surface area contributed by atoms with E-state index in [0.717, 1.165) is 5.56 Å². The molecule has 0 radical (unpaired) electrons. The summed E-state index contributed by atoms with van der Waals surface area (Å²) in [6.45, 7) is 1.16. The van der Waals surface area contributed by atoms with Crippen molar-refractivity contribution in [2.75, 3.05) is 30.5 Å². The number of hydrogen-bond acceptors (Lipinski definition) is 11. The van der Waals surface area contributed by atoms with E-state index in [1.165, 1.54) is 33.1 Å². The van der Waals surface area contributed by atoms with Gasteiger partial charge in [0.1, 0.15) is 53.8 Å². The van der Waals surface area contributed by atoms with Crippen molar-refractivity contribution in [1.29, 1.82) is 0 Å². The number of nitrogens with zero attached hydrogens (tertiary/aromatic N) is 6. The first-order valence-corrected chi connectivity index (χ1v) is 22.7. The lowest BCUT2D eigenvalue weighted by atomic mass is 10.0. The summed E-state index contributed by atoms with van der Waals surface area (Å²) in [4.78, 5) is 55.0. The minimum Gasteiger partial charge on any atom is -0.494 e. The predicted octanol–water partition coefficient (Wildman–Crippen LogP) is 8.02. The zero-order valence-electron chi connectivity index (χ0n) is 35.1. The first-order valence-electron chi connectivity index (χ1n) is 20.9. The average Bonchev–Trinajstić information content (AvgIpc) is 4.15. The van der Waals surface area contributed by atoms with Crippen molar-refractivity contribution in [2.45, 2.75) is 38.5 Å². The number of thiophene rings is 1. The molecule has 3 aromatic heterocycles. The quantitative estimate of drug-likeness (QED) is 0.0336. The minimum absolute atomic E-state index is 0.0157. The summed E-state index contributed by atoms with van der Waals surface area (Å²) in [7, 11) is 0. The van der Waals surface area contributed by atoms with Gasteiger partial charge in [-0.1, -0.05) is 76.6 Å². The summed E-state index contributed by atoms with van der Waals surface area (Å²) in [6.07, 6.45) is 2.88. The Balaban J connectivity index is 0.805. The molecule has 338 valence electrons. The predicted molar refractivity (Wildman–Crippen MR) is 252 cm³/mol. The lowest BCUT2D eigenvalue weighted by molar-refractivity contribution is -0.125. The van der Waals surface area contributed by atoms with E-state index >= 15 is 0 Å². The summed E-state index contributed by atoms with van der Waals surface area (Å²) in [5.74, 6) is -1.70. The number of aromatic amines is 1. The number of aromatic hydroxyl groups is 1. The molecule has 15 nitrogen and oxygen atoms in total. The highest BCUT2D eigenvalue weighted by Crippen LogP contribution is 2.37. The molecule has 0 bridgehead atoms. The largest absolute Gasteiger partial charge is 0.494 e. The Morgan fingerprint density at radius 1 is 0.985 bits per heavy atom. The number of rotatable bonds is 20. The molecule has 1 aliphatic rings. The van der Waals surface area contributed by atoms with Crippen molar-refractivity contribution in [1.82, 2.24) is 30.6 Å². The normalized spacial score (nSPS) is 13.0. The number of fused-ring (bicyclic) bond motifs is 2. The van der Waals surface area contributed by atoms with Crippen LogP contribution >= 0.6 is 34.5 Å². The number of hydrogen-bond donors (Lipinski definition) is 4. The third kappa shape index (κ3) is 10.7. The number of H-pyrrole nitrogens is 1. The Labute approximate surface area is 391 Å². The number of anilines is 1. The highest BCUT2D eigenvalue weighted by molar-refractivity contribution is 7.10. The van der Waals surface area contributed by atoms with E-state index in [9.17, 15) is 23.9 Å². The number of aliphatic imine (C=N–C) groups is 1. The Bertz CT molecular complexity index is 2910. The number of benzene rings is 4. The molecule has 4 aromatic carbocycles. The van der Waals surface area contributed by atoms with Gasteiger partial charge in [0.15, 0.2) is 5.88 Å². The van der Waals surface area contributed by atoms with Gasteiger partial charge < -0.3 is 30.3 Å². The van der Waals surface area contributed by atoms with Crippen LogP contribution in [0.3, 0.4) is 0 Å². The van der Waals surface area contributed by atoms with Crippen LogP contribution in [0, 0.1) is 5.82 Å². The highest BCUT2D eigenvalue weighted by atomic mass is 35.5. The summed E-state index contributed by atoms with van der Waals surface area (Å²) in [5.41, 5.74) is 4.87. The summed E-state index contributed by atoms with van der Waals surface area (Å²) < 4.78 is 21.7. The fourth-order valence-electron chi connectivity index (χ4n) is 7.32. The number of ether oxygens (including phenoxy) is 1. The zero-order chi connectivity index (χ0) is 46.0. The zero-order valence-corrected chi connectivity index (χ0v) is 37.5. The Morgan fingerprint density at radius 2 is 1.82 bits per heavy atom. The van der Waals surface area contributed by atoms with Gasteiger partial charge >= 0.3 is 0 Å². The van der Waals surface area contributed by atoms with Crippen LogP contribution in [0.4, 0.5) is 15.8 Å². The van der Waals surface area contributed by atoms with Crippen LogP contribution in [0.5, 0.6) is 11.6 Å². The molecule has 0 saturated carbocycles. The van der Waals surface area contributed by atoms with Crippen molar-refractivity contribution in [3.8, 4) is 11.6 Å². The maximum absolute atomic E-state index is 14.2. The van der Waals surface area contributed by atoms with Crippen LogP contribution in [-0.2, 0) is 38.8 Å². The summed E-state index contributed by atoms with van der Waals surface area (Å²) in [5, 5.41) is 31.7. The lowest BCUT2D eigenvalue weighted by Crippen LogP contribution is -2.44. The van der Waals surface area contributed by atoms with E-state index in [4.69, 9.17) is 32.8 Å². The number of halogens is 3. The van der Waals surface area contributed by atoms with Crippen LogP contribution in [0.15, 0.2) is 125 Å². The second kappa shape index (κ2) is 21.3. The third-order valence-electron chi connectivity index (χ3n) is 10.5. The first-order chi connectivity index (χ1) is 32.2. The molecular formula is C47H42Cl2FN9O6S. The molecule has 7 aromatic rings. The fourth-order valence-corrected chi connectivity index (χ4v) is 8.49. The van der Waals surface area contributed by atoms with Gasteiger partial charge in [0, 0.05) is 53.0 Å². The van der Waals surface area contributed by atoms with Crippen LogP contribution in [0.1, 0.15) is 46.1 Å². The molecule has 1 unspecified atom stereocenters. The Hall–Kier alpha value is -7.08. The van der Waals surface area contributed by atoms with E-state index < -0.39 is 17.8 Å². The van der Waals surface area contributed by atoms with E-state index in [1.54, 1.807) is 36.5 Å². The molecule has 0 saturated heterocycles. The van der Waals surface area contributed by atoms with Gasteiger partial charge in [-0.2, -0.15) is 0 Å². The van der Waals surface area contributed by atoms with Gasteiger partial charge in [-0.05, 0) is 65.9 Å². The topological polar surface area (TPSA) is 188 Å². The molecule has 0 aliphatic carbocycles. The van der Waals surface area contributed by atoms with E-state index in [2.05, 4.69) is 36.1 Å². The second-order valence-electron chi connectivity index (χ2n) is 15.0. The number of carbonyl (C=O) groups excluding carboxylic acids is 3. The van der Waals surface area contributed by atoms with E-state index in [0.29, 0.717) is 87.1 Å². The maximum Gasteiger partial charge on any atom is 0.248 e. The molecule has 0 fully saturated rings. The van der Waals surface area contributed by atoms with Crippen LogP contribution < -0.4 is 20.3 Å². The van der Waals surface area contributed by atoms with Crippen molar-refractivity contribution >= 4 is 86.0 Å². The molecule has 0 spiro atoms. The fraction of sp³-hybridized carbons (Fsp3) is 0.213. The van der Waals surface area contributed by atoms with Crippen LogP contribution in [-0.4, -0.2) is 79.8 Å². The Morgan fingerprint density at radius 3 is 2.62 bits per heavy atom. The number of nitrogens with one attached hydrogen (secondary N) is 3. The van der Waals surface area contributed by atoms with Crippen molar-refractivity contribution in [2.24, 2.45) is 10.1 Å². The SMILES string of the molecule is O=C(CCn1cc(COc2ccc(N(C(=O)CCl)C(C(=O)NCCc3ccccc3)c3cccs3)cc2Cl)nn1)NCCCO/N=C1/C(c2c(O)[nH]c3ccc(F)cc23)=Nc2ccccc21. The van der Waals surface area contributed by atoms with E-state index in [-0.39, 0.29) is 54.8 Å². The van der Waals surface area contributed by atoms with E-state index in [1.807, 2.05) is 66.0 Å². The number of aryl methyl sites for hydroxylation is 1. The molecule has 3 amide bonds. The molecule has 1 atom stereocenters. The number of amides is 3. The molecule has 4 heterocycles. The molecule has 19 heteroatoms. The summed E-state index contributed by atoms with van der Waals surface area (Å²) >= 11 is 14.1. The van der Waals surface area contributed by atoms with Gasteiger partial charge in [0.25, 0.3) is 0 Å². The monoisotopic (exact) mass is 949 g/mol. The first kappa shape index (κ1) is 45.5. The van der Waals surface area contributed by atoms with Crippen LogP contribution in [0.2, 0.25) is 5.02 Å². The van der Waals surface area contributed by atoms with Gasteiger partial charge in [0.05, 0.1) is 29.0 Å². The molecule has 8 rings (SSSR count). The van der Waals surface area contributed by atoms with Gasteiger partial charge in [-0.3, -0.25) is 24.0 Å². The number of aromatic nitrogens is 4. The average molecular weight is 951 g/mol. The second-order valence-corrected chi connectivity index (χ2v) is 16.6. The molecule has 66 heavy (non-hydrogen) atoms. The molecule has 4 N–H and O–H groups in total. The highest BCUT2D eigenvalue weighted by Gasteiger charge is 2.34. The number of carbonyl (C=O) groups is 3.